The van der Waals surface area contributed by atoms with Gasteiger partial charge in [0.05, 0.1) is 11.4 Å². The highest BCUT2D eigenvalue weighted by molar-refractivity contribution is 6.31. The van der Waals surface area contributed by atoms with Crippen molar-refractivity contribution in [1.29, 1.82) is 0 Å². The molecule has 2 nitrogen and oxygen atoms in total. The van der Waals surface area contributed by atoms with Gasteiger partial charge >= 0.3 is 0 Å². The topological polar surface area (TPSA) is 29.3 Å². The van der Waals surface area contributed by atoms with Crippen LogP contribution in [0.2, 0.25) is 5.02 Å². The van der Waals surface area contributed by atoms with Crippen LogP contribution in [0.15, 0.2) is 18.2 Å². The zero-order valence-electron chi connectivity index (χ0n) is 9.96. The molecule has 0 unspecified atom stereocenters. The lowest BCUT2D eigenvalue weighted by Gasteiger charge is -2.51. The zero-order chi connectivity index (χ0) is 11.8. The molecule has 0 aromatic heterocycles. The molecule has 88 valence electrons. The fourth-order valence-corrected chi connectivity index (χ4v) is 2.62. The molecule has 0 saturated carbocycles. The molecule has 0 atom stereocenters. The van der Waals surface area contributed by atoms with Crippen molar-refractivity contribution >= 4 is 23.0 Å². The normalized spacial score (nSPS) is 18.3. The van der Waals surface area contributed by atoms with Gasteiger partial charge in [0.1, 0.15) is 0 Å². The molecule has 1 heterocycles. The largest absolute Gasteiger partial charge is 0.397 e. The van der Waals surface area contributed by atoms with E-state index in [-0.39, 0.29) is 0 Å². The molecule has 1 aromatic rings. The maximum atomic E-state index is 5.98. The third-order valence-electron chi connectivity index (χ3n) is 3.88. The SMILES string of the molecule is CCC1(CC)CN(c2ccc(Cl)cc2N)C1. The van der Waals surface area contributed by atoms with E-state index < -0.39 is 0 Å². The van der Waals surface area contributed by atoms with Gasteiger partial charge in [0, 0.05) is 23.5 Å². The Morgan fingerprint density at radius 3 is 2.44 bits per heavy atom. The molecular formula is C13H19ClN2. The van der Waals surface area contributed by atoms with E-state index in [4.69, 9.17) is 17.3 Å². The third-order valence-corrected chi connectivity index (χ3v) is 4.12. The van der Waals surface area contributed by atoms with Crippen molar-refractivity contribution in [2.45, 2.75) is 26.7 Å². The predicted molar refractivity (Wildman–Crippen MR) is 71.1 cm³/mol. The van der Waals surface area contributed by atoms with Gasteiger partial charge in [0.15, 0.2) is 0 Å². The first kappa shape index (κ1) is 11.6. The molecule has 0 spiro atoms. The minimum Gasteiger partial charge on any atom is -0.397 e. The summed E-state index contributed by atoms with van der Waals surface area (Å²) in [6, 6.07) is 5.76. The van der Waals surface area contributed by atoms with Gasteiger partial charge in [0.2, 0.25) is 0 Å². The average Bonchev–Trinajstić information content (AvgIpc) is 2.20. The fourth-order valence-electron chi connectivity index (χ4n) is 2.44. The Hall–Kier alpha value is -0.890. The van der Waals surface area contributed by atoms with Gasteiger partial charge in [-0.1, -0.05) is 25.4 Å². The van der Waals surface area contributed by atoms with E-state index in [1.54, 1.807) is 0 Å². The second kappa shape index (κ2) is 4.17. The number of anilines is 2. The standard InChI is InChI=1S/C13H19ClN2/c1-3-13(4-2)8-16(9-13)12-6-5-10(14)7-11(12)15/h5-7H,3-4,8-9,15H2,1-2H3. The van der Waals surface area contributed by atoms with Gasteiger partial charge in [-0.05, 0) is 31.0 Å². The smallest absolute Gasteiger partial charge is 0.0601 e. The first-order chi connectivity index (χ1) is 7.60. The second-order valence-electron chi connectivity index (χ2n) is 4.77. The Morgan fingerprint density at radius 2 is 1.94 bits per heavy atom. The fraction of sp³-hybridized carbons (Fsp3) is 0.538. The van der Waals surface area contributed by atoms with Crippen molar-refractivity contribution < 1.29 is 0 Å². The maximum absolute atomic E-state index is 5.98. The van der Waals surface area contributed by atoms with Crippen molar-refractivity contribution in [3.63, 3.8) is 0 Å². The lowest BCUT2D eigenvalue weighted by atomic mass is 9.75. The molecule has 2 rings (SSSR count). The zero-order valence-corrected chi connectivity index (χ0v) is 10.7. The van der Waals surface area contributed by atoms with Crippen LogP contribution in [0.1, 0.15) is 26.7 Å². The third kappa shape index (κ3) is 1.86. The summed E-state index contributed by atoms with van der Waals surface area (Å²) in [6.07, 6.45) is 2.49. The van der Waals surface area contributed by atoms with Crippen LogP contribution in [0, 0.1) is 5.41 Å². The van der Waals surface area contributed by atoms with Gasteiger partial charge in [-0.15, -0.1) is 0 Å². The number of hydrogen-bond donors (Lipinski definition) is 1. The summed E-state index contributed by atoms with van der Waals surface area (Å²) in [7, 11) is 0. The van der Waals surface area contributed by atoms with E-state index in [2.05, 4.69) is 18.7 Å². The molecule has 2 N–H and O–H groups in total. The van der Waals surface area contributed by atoms with E-state index in [0.29, 0.717) is 10.4 Å². The molecule has 0 amide bonds. The summed E-state index contributed by atoms with van der Waals surface area (Å²) in [5.41, 5.74) is 8.40. The highest BCUT2D eigenvalue weighted by Crippen LogP contribution is 2.41. The molecule has 16 heavy (non-hydrogen) atoms. The van der Waals surface area contributed by atoms with Gasteiger partial charge in [-0.3, -0.25) is 0 Å². The Balaban J connectivity index is 2.12. The molecule has 3 heteroatoms. The van der Waals surface area contributed by atoms with Gasteiger partial charge < -0.3 is 10.6 Å². The summed E-state index contributed by atoms with van der Waals surface area (Å²) in [4.78, 5) is 2.35. The minimum absolute atomic E-state index is 0.506. The van der Waals surface area contributed by atoms with Crippen molar-refractivity contribution in [3.8, 4) is 0 Å². The van der Waals surface area contributed by atoms with Gasteiger partial charge in [0.25, 0.3) is 0 Å². The molecule has 0 bridgehead atoms. The Bertz CT molecular complexity index is 378. The summed E-state index contributed by atoms with van der Waals surface area (Å²) >= 11 is 5.89. The van der Waals surface area contributed by atoms with Crippen molar-refractivity contribution in [1.82, 2.24) is 0 Å². The first-order valence-corrected chi connectivity index (χ1v) is 6.28. The predicted octanol–water partition coefficient (Wildman–Crippen LogP) is 3.55. The molecule has 1 saturated heterocycles. The van der Waals surface area contributed by atoms with Crippen LogP contribution in [-0.2, 0) is 0 Å². The first-order valence-electron chi connectivity index (χ1n) is 5.90. The Morgan fingerprint density at radius 1 is 1.31 bits per heavy atom. The number of nitrogens with zero attached hydrogens (tertiary/aromatic N) is 1. The van der Waals surface area contributed by atoms with Crippen molar-refractivity contribution in [2.75, 3.05) is 23.7 Å². The average molecular weight is 239 g/mol. The molecule has 1 aliphatic rings. The number of hydrogen-bond acceptors (Lipinski definition) is 2. The van der Waals surface area contributed by atoms with Gasteiger partial charge in [-0.25, -0.2) is 0 Å². The highest BCUT2D eigenvalue weighted by Gasteiger charge is 2.40. The summed E-state index contributed by atoms with van der Waals surface area (Å²) in [6.45, 7) is 6.77. The number of nitrogen functional groups attached to an aromatic ring is 1. The molecule has 0 radical (unpaired) electrons. The lowest BCUT2D eigenvalue weighted by molar-refractivity contribution is 0.195. The molecule has 1 fully saturated rings. The van der Waals surface area contributed by atoms with E-state index >= 15 is 0 Å². The molecule has 0 aliphatic carbocycles. The Kier molecular flexibility index (Phi) is 3.02. The van der Waals surface area contributed by atoms with Crippen molar-refractivity contribution in [2.24, 2.45) is 5.41 Å². The van der Waals surface area contributed by atoms with E-state index in [0.717, 1.165) is 24.5 Å². The molecule has 1 aromatic carbocycles. The molecule has 1 aliphatic heterocycles. The number of rotatable bonds is 3. The maximum Gasteiger partial charge on any atom is 0.0601 e. The van der Waals surface area contributed by atoms with E-state index in [1.165, 1.54) is 12.8 Å². The monoisotopic (exact) mass is 238 g/mol. The van der Waals surface area contributed by atoms with Crippen LogP contribution in [0.5, 0.6) is 0 Å². The van der Waals surface area contributed by atoms with Crippen LogP contribution in [0.3, 0.4) is 0 Å². The summed E-state index contributed by atoms with van der Waals surface area (Å²) < 4.78 is 0. The van der Waals surface area contributed by atoms with Crippen LogP contribution in [0.25, 0.3) is 0 Å². The number of halogens is 1. The van der Waals surface area contributed by atoms with Crippen molar-refractivity contribution in [3.05, 3.63) is 23.2 Å². The summed E-state index contributed by atoms with van der Waals surface area (Å²) in [5, 5.41) is 0.707. The van der Waals surface area contributed by atoms with Crippen LogP contribution in [-0.4, -0.2) is 13.1 Å². The summed E-state index contributed by atoms with van der Waals surface area (Å²) in [5.74, 6) is 0. The quantitative estimate of drug-likeness (QED) is 0.816. The highest BCUT2D eigenvalue weighted by atomic mass is 35.5. The Labute approximate surface area is 102 Å². The van der Waals surface area contributed by atoms with E-state index in [1.807, 2.05) is 18.2 Å². The minimum atomic E-state index is 0.506. The van der Waals surface area contributed by atoms with Crippen LogP contribution >= 0.6 is 11.6 Å². The lowest BCUT2D eigenvalue weighted by Crippen LogP contribution is -2.56. The van der Waals surface area contributed by atoms with Crippen LogP contribution < -0.4 is 10.6 Å². The molecular weight excluding hydrogens is 220 g/mol. The number of nitrogens with two attached hydrogens (primary N) is 1. The van der Waals surface area contributed by atoms with E-state index in [9.17, 15) is 0 Å². The van der Waals surface area contributed by atoms with Crippen LogP contribution in [0.4, 0.5) is 11.4 Å². The number of benzene rings is 1. The second-order valence-corrected chi connectivity index (χ2v) is 5.20. The van der Waals surface area contributed by atoms with Gasteiger partial charge in [-0.2, -0.15) is 0 Å².